The third kappa shape index (κ3) is 6.53. The average Bonchev–Trinajstić information content (AvgIpc) is 2.15. The second-order valence-corrected chi connectivity index (χ2v) is 9.15. The molecule has 7 heteroatoms. The predicted molar refractivity (Wildman–Crippen MR) is 68.7 cm³/mol. The Kier molecular flexibility index (Phi) is 7.83. The van der Waals surface area contributed by atoms with Crippen molar-refractivity contribution < 1.29 is 13.8 Å². The highest BCUT2D eigenvalue weighted by Gasteiger charge is 2.20. The van der Waals surface area contributed by atoms with Gasteiger partial charge in [0, 0.05) is 14.1 Å². The molecule has 0 aliphatic rings. The Morgan fingerprint density at radius 2 is 1.80 bits per heavy atom. The highest BCUT2D eigenvalue weighted by molar-refractivity contribution is 8.68. The van der Waals surface area contributed by atoms with Gasteiger partial charge in [0.25, 0.3) is 0 Å². The molecule has 0 heterocycles. The first-order valence-electron chi connectivity index (χ1n) is 4.69. The lowest BCUT2D eigenvalue weighted by Gasteiger charge is -2.20. The molecule has 0 aromatic carbocycles. The molecule has 0 bridgehead atoms. The highest BCUT2D eigenvalue weighted by atomic mass is 32.9. The molecule has 0 rings (SSSR count). The second-order valence-electron chi connectivity index (χ2n) is 2.84. The monoisotopic (exact) mass is 271 g/mol. The topological polar surface area (TPSA) is 38.8 Å². The molecule has 0 aromatic heterocycles. The van der Waals surface area contributed by atoms with Gasteiger partial charge >= 0.3 is 0 Å². The van der Waals surface area contributed by atoms with Gasteiger partial charge in [-0.1, -0.05) is 11.4 Å². The summed E-state index contributed by atoms with van der Waals surface area (Å²) in [5, 5.41) is 0. The van der Waals surface area contributed by atoms with Gasteiger partial charge < -0.3 is 13.9 Å². The normalized spacial score (nSPS) is 11.5. The molecule has 0 aromatic rings. The van der Waals surface area contributed by atoms with E-state index in [2.05, 4.69) is 0 Å². The standard InChI is InChI=1S/C8H18NO3PS2/c1-5-11-13(14,12-6-2)15-7-8(10)9(3)4/h5-7H2,1-4H3. The molecule has 15 heavy (non-hydrogen) atoms. The number of hydrogen-bond acceptors (Lipinski definition) is 5. The Balaban J connectivity index is 4.18. The third-order valence-electron chi connectivity index (χ3n) is 1.42. The lowest BCUT2D eigenvalue weighted by Crippen LogP contribution is -2.23. The predicted octanol–water partition coefficient (Wildman–Crippen LogP) is 2.11. The fraction of sp³-hybridized carbons (Fsp3) is 0.875. The SMILES string of the molecule is CCOP(=S)(OCC)SCC(=O)N(C)C. The Labute approximate surface area is 101 Å². The maximum absolute atomic E-state index is 11.4. The first-order chi connectivity index (χ1) is 6.95. The summed E-state index contributed by atoms with van der Waals surface area (Å²) in [6.45, 7) is 4.77. The number of rotatable bonds is 7. The van der Waals surface area contributed by atoms with Crippen molar-refractivity contribution in [2.75, 3.05) is 33.1 Å². The minimum Gasteiger partial charge on any atom is -0.348 e. The van der Waals surface area contributed by atoms with Gasteiger partial charge in [-0.2, -0.15) is 0 Å². The number of carbonyl (C=O) groups excluding carboxylic acids is 1. The maximum atomic E-state index is 11.4. The first-order valence-corrected chi connectivity index (χ1v) is 8.92. The molecule has 0 fully saturated rings. The van der Waals surface area contributed by atoms with E-state index in [1.807, 2.05) is 13.8 Å². The summed E-state index contributed by atoms with van der Waals surface area (Å²) in [5.74, 6) is 0.332. The summed E-state index contributed by atoms with van der Waals surface area (Å²) in [7, 11) is 3.43. The van der Waals surface area contributed by atoms with Crippen LogP contribution in [0.1, 0.15) is 13.8 Å². The van der Waals surface area contributed by atoms with Gasteiger partial charge in [-0.05, 0) is 25.7 Å². The molecule has 0 N–H and O–H groups in total. The van der Waals surface area contributed by atoms with E-state index in [1.54, 1.807) is 14.1 Å². The first kappa shape index (κ1) is 15.4. The molecule has 0 radical (unpaired) electrons. The van der Waals surface area contributed by atoms with Crippen LogP contribution in [-0.2, 0) is 25.6 Å². The second kappa shape index (κ2) is 7.63. The van der Waals surface area contributed by atoms with Crippen molar-refractivity contribution in [2.24, 2.45) is 0 Å². The number of hydrogen-bond donors (Lipinski definition) is 0. The van der Waals surface area contributed by atoms with Crippen LogP contribution in [0.4, 0.5) is 0 Å². The molecule has 0 saturated heterocycles. The summed E-state index contributed by atoms with van der Waals surface area (Å²) in [4.78, 5) is 12.9. The lowest BCUT2D eigenvalue weighted by molar-refractivity contribution is -0.125. The van der Waals surface area contributed by atoms with Crippen LogP contribution >= 0.6 is 17.1 Å². The molecule has 0 spiro atoms. The van der Waals surface area contributed by atoms with Crippen LogP contribution < -0.4 is 0 Å². The Bertz CT molecular complexity index is 238. The van der Waals surface area contributed by atoms with Crippen molar-refractivity contribution in [3.8, 4) is 0 Å². The van der Waals surface area contributed by atoms with Gasteiger partial charge in [0.05, 0.1) is 19.0 Å². The van der Waals surface area contributed by atoms with Crippen LogP contribution in [-0.4, -0.2) is 43.9 Å². The van der Waals surface area contributed by atoms with E-state index in [-0.39, 0.29) is 5.91 Å². The summed E-state index contributed by atoms with van der Waals surface area (Å²) in [6, 6.07) is 0. The molecule has 0 aliphatic carbocycles. The Morgan fingerprint density at radius 3 is 2.13 bits per heavy atom. The quantitative estimate of drug-likeness (QED) is 0.663. The van der Waals surface area contributed by atoms with Crippen LogP contribution in [0.2, 0.25) is 0 Å². The smallest absolute Gasteiger partial charge is 0.247 e. The Morgan fingerprint density at radius 1 is 1.33 bits per heavy atom. The van der Waals surface area contributed by atoms with E-state index in [9.17, 15) is 4.79 Å². The number of nitrogens with zero attached hydrogens (tertiary/aromatic N) is 1. The van der Waals surface area contributed by atoms with Crippen molar-refractivity contribution in [3.63, 3.8) is 0 Å². The molecular weight excluding hydrogens is 253 g/mol. The molecule has 1 amide bonds. The van der Waals surface area contributed by atoms with Gasteiger partial charge in [-0.15, -0.1) is 0 Å². The van der Waals surface area contributed by atoms with Crippen molar-refractivity contribution in [1.29, 1.82) is 0 Å². The highest BCUT2D eigenvalue weighted by Crippen LogP contribution is 2.60. The maximum Gasteiger partial charge on any atom is 0.247 e. The van der Waals surface area contributed by atoms with E-state index in [0.717, 1.165) is 0 Å². The zero-order valence-electron chi connectivity index (χ0n) is 9.56. The van der Waals surface area contributed by atoms with Crippen LogP contribution in [0.15, 0.2) is 0 Å². The fourth-order valence-electron chi connectivity index (χ4n) is 0.691. The van der Waals surface area contributed by atoms with Crippen LogP contribution in [0.25, 0.3) is 0 Å². The molecule has 0 aliphatic heterocycles. The van der Waals surface area contributed by atoms with Gasteiger partial charge in [-0.25, -0.2) is 0 Å². The summed E-state index contributed by atoms with van der Waals surface area (Å²) in [6.07, 6.45) is 0. The molecule has 4 nitrogen and oxygen atoms in total. The summed E-state index contributed by atoms with van der Waals surface area (Å²) in [5.41, 5.74) is -2.31. The average molecular weight is 271 g/mol. The van der Waals surface area contributed by atoms with E-state index in [0.29, 0.717) is 19.0 Å². The van der Waals surface area contributed by atoms with Crippen LogP contribution in [0, 0.1) is 0 Å². The van der Waals surface area contributed by atoms with Crippen LogP contribution in [0.3, 0.4) is 0 Å². The van der Waals surface area contributed by atoms with Crippen molar-refractivity contribution in [1.82, 2.24) is 4.90 Å². The van der Waals surface area contributed by atoms with E-state index in [1.165, 1.54) is 16.3 Å². The van der Waals surface area contributed by atoms with Gasteiger partial charge in [0.1, 0.15) is 0 Å². The van der Waals surface area contributed by atoms with Gasteiger partial charge in [0.2, 0.25) is 11.6 Å². The van der Waals surface area contributed by atoms with E-state index >= 15 is 0 Å². The third-order valence-corrected chi connectivity index (χ3v) is 6.81. The molecule has 90 valence electrons. The lowest BCUT2D eigenvalue weighted by atomic mass is 10.6. The zero-order valence-corrected chi connectivity index (χ0v) is 12.1. The summed E-state index contributed by atoms with van der Waals surface area (Å²) >= 11 is 6.56. The molecule has 0 saturated carbocycles. The minimum atomic E-state index is -2.31. The fourth-order valence-corrected chi connectivity index (χ4v) is 5.07. The molecule has 0 unspecified atom stereocenters. The van der Waals surface area contributed by atoms with Gasteiger partial charge in [0.15, 0.2) is 0 Å². The van der Waals surface area contributed by atoms with Crippen molar-refractivity contribution in [3.05, 3.63) is 0 Å². The Hall–Kier alpha value is 0.390. The molecule has 0 atom stereocenters. The van der Waals surface area contributed by atoms with E-state index < -0.39 is 5.69 Å². The minimum absolute atomic E-state index is 0.0219. The number of amides is 1. The van der Waals surface area contributed by atoms with Crippen molar-refractivity contribution >= 4 is 34.8 Å². The summed E-state index contributed by atoms with van der Waals surface area (Å²) < 4.78 is 10.8. The van der Waals surface area contributed by atoms with Crippen LogP contribution in [0.5, 0.6) is 0 Å². The number of carbonyl (C=O) groups is 1. The largest absolute Gasteiger partial charge is 0.348 e. The van der Waals surface area contributed by atoms with E-state index in [4.69, 9.17) is 20.9 Å². The van der Waals surface area contributed by atoms with Gasteiger partial charge in [-0.3, -0.25) is 4.79 Å². The zero-order chi connectivity index (χ0) is 11.9. The van der Waals surface area contributed by atoms with Crippen molar-refractivity contribution in [2.45, 2.75) is 13.8 Å². The molecular formula is C8H18NO3PS2.